The molecule has 0 aliphatic rings. The number of rotatable bonds is 8. The largest absolute Gasteiger partial charge is 0.495 e. The third-order valence-corrected chi connectivity index (χ3v) is 9.72. The van der Waals surface area contributed by atoms with Crippen molar-refractivity contribution in [3.05, 3.63) is 43.0 Å². The number of imidazole rings is 1. The minimum atomic E-state index is -4.02. The van der Waals surface area contributed by atoms with Crippen molar-refractivity contribution in [2.24, 2.45) is 7.05 Å². The van der Waals surface area contributed by atoms with Gasteiger partial charge in [-0.1, -0.05) is 0 Å². The van der Waals surface area contributed by atoms with Gasteiger partial charge in [0, 0.05) is 31.1 Å². The van der Waals surface area contributed by atoms with Crippen molar-refractivity contribution >= 4 is 31.2 Å². The van der Waals surface area contributed by atoms with Gasteiger partial charge in [-0.2, -0.15) is 5.10 Å². The molecular formula is C24H29N5O7S2. The van der Waals surface area contributed by atoms with E-state index in [-0.39, 0.29) is 32.7 Å². The van der Waals surface area contributed by atoms with E-state index in [1.54, 1.807) is 50.5 Å². The lowest BCUT2D eigenvalue weighted by Gasteiger charge is -2.21. The summed E-state index contributed by atoms with van der Waals surface area (Å²) < 4.78 is 73.5. The molecule has 0 amide bonds. The van der Waals surface area contributed by atoms with Crippen LogP contribution in [0.3, 0.4) is 0 Å². The van der Waals surface area contributed by atoms with Gasteiger partial charge in [0.25, 0.3) is 10.0 Å². The zero-order valence-electron chi connectivity index (χ0n) is 22.0. The van der Waals surface area contributed by atoms with Crippen LogP contribution < -0.4 is 18.9 Å². The number of sulfone groups is 1. The second-order valence-electron chi connectivity index (χ2n) is 9.41. The van der Waals surface area contributed by atoms with Crippen LogP contribution in [-0.4, -0.2) is 62.1 Å². The lowest BCUT2D eigenvalue weighted by molar-refractivity contribution is 0.356. The SMILES string of the molecule is COc1cc2ncc(-c3cc(NS(=O)(=O)c4cnn(C)c4)c(OC)c(OC)c3)n2cc1S(=O)(=O)C(C)(C)C. The number of anilines is 1. The minimum absolute atomic E-state index is 0.00256. The van der Waals surface area contributed by atoms with E-state index < -0.39 is 24.6 Å². The van der Waals surface area contributed by atoms with E-state index >= 15 is 0 Å². The highest BCUT2D eigenvalue weighted by Gasteiger charge is 2.34. The highest BCUT2D eigenvalue weighted by atomic mass is 32.2. The molecule has 0 fully saturated rings. The predicted molar refractivity (Wildman–Crippen MR) is 141 cm³/mol. The van der Waals surface area contributed by atoms with Crippen LogP contribution in [0, 0.1) is 0 Å². The average molecular weight is 564 g/mol. The van der Waals surface area contributed by atoms with Crippen molar-refractivity contribution in [1.82, 2.24) is 19.2 Å². The monoisotopic (exact) mass is 563 g/mol. The third kappa shape index (κ3) is 4.65. The number of pyridine rings is 1. The Kier molecular flexibility index (Phi) is 6.82. The molecule has 204 valence electrons. The van der Waals surface area contributed by atoms with Crippen molar-refractivity contribution in [3.8, 4) is 28.5 Å². The summed E-state index contributed by atoms with van der Waals surface area (Å²) in [5, 5.41) is 3.92. The fraction of sp³-hybridized carbons (Fsp3) is 0.333. The molecule has 38 heavy (non-hydrogen) atoms. The Balaban J connectivity index is 1.93. The standard InChI is InChI=1S/C24H29N5O7S2/c1-24(2,3)37(30,31)21-14-29-18(12-25-22(29)10-19(21)34-5)15-8-17(23(36-7)20(9-15)35-6)27-38(32,33)16-11-26-28(4)13-16/h8-14,27H,1-7H3. The summed E-state index contributed by atoms with van der Waals surface area (Å²) >= 11 is 0. The number of benzene rings is 1. The first-order valence-electron chi connectivity index (χ1n) is 11.3. The van der Waals surface area contributed by atoms with Gasteiger partial charge < -0.3 is 14.2 Å². The summed E-state index contributed by atoms with van der Waals surface area (Å²) in [5.41, 5.74) is 1.51. The second-order valence-corrected chi connectivity index (χ2v) is 13.8. The smallest absolute Gasteiger partial charge is 0.265 e. The molecule has 0 aliphatic carbocycles. The lowest BCUT2D eigenvalue weighted by Crippen LogP contribution is -2.28. The molecule has 0 saturated heterocycles. The van der Waals surface area contributed by atoms with Gasteiger partial charge in [-0.25, -0.2) is 21.8 Å². The molecule has 0 atom stereocenters. The van der Waals surface area contributed by atoms with Gasteiger partial charge in [-0.15, -0.1) is 0 Å². The first kappa shape index (κ1) is 27.3. The van der Waals surface area contributed by atoms with E-state index in [4.69, 9.17) is 14.2 Å². The van der Waals surface area contributed by atoms with Gasteiger partial charge in [0.05, 0.1) is 49.9 Å². The number of aryl methyl sites for hydroxylation is 1. The maximum atomic E-state index is 13.3. The Morgan fingerprint density at radius 1 is 0.895 bits per heavy atom. The molecule has 4 aromatic rings. The number of aromatic nitrogens is 4. The van der Waals surface area contributed by atoms with Gasteiger partial charge in [0.1, 0.15) is 21.2 Å². The van der Waals surface area contributed by atoms with Crippen molar-refractivity contribution in [2.75, 3.05) is 26.1 Å². The van der Waals surface area contributed by atoms with Crippen molar-refractivity contribution in [3.63, 3.8) is 0 Å². The molecule has 14 heteroatoms. The van der Waals surface area contributed by atoms with Crippen molar-refractivity contribution < 1.29 is 31.0 Å². The van der Waals surface area contributed by atoms with Crippen LogP contribution in [0.2, 0.25) is 0 Å². The number of fused-ring (bicyclic) bond motifs is 1. The number of nitrogens with zero attached hydrogens (tertiary/aromatic N) is 4. The van der Waals surface area contributed by atoms with Crippen LogP contribution in [0.5, 0.6) is 17.2 Å². The zero-order valence-corrected chi connectivity index (χ0v) is 23.6. The molecular weight excluding hydrogens is 534 g/mol. The Hall–Kier alpha value is -3.78. The fourth-order valence-corrected chi connectivity index (χ4v) is 6.17. The Morgan fingerprint density at radius 2 is 1.58 bits per heavy atom. The predicted octanol–water partition coefficient (Wildman–Crippen LogP) is 3.13. The molecule has 0 bridgehead atoms. The first-order valence-corrected chi connectivity index (χ1v) is 14.3. The molecule has 0 spiro atoms. The quantitative estimate of drug-likeness (QED) is 0.342. The minimum Gasteiger partial charge on any atom is -0.495 e. The van der Waals surface area contributed by atoms with Gasteiger partial charge in [-0.3, -0.25) is 13.8 Å². The fourth-order valence-electron chi connectivity index (χ4n) is 3.82. The van der Waals surface area contributed by atoms with E-state index in [0.29, 0.717) is 16.9 Å². The van der Waals surface area contributed by atoms with Crippen LogP contribution >= 0.6 is 0 Å². The number of methoxy groups -OCH3 is 3. The summed E-state index contributed by atoms with van der Waals surface area (Å²) in [7, 11) is -1.99. The zero-order chi connectivity index (χ0) is 28.0. The lowest BCUT2D eigenvalue weighted by atomic mass is 10.1. The molecule has 1 aromatic carbocycles. The molecule has 0 aliphatic heterocycles. The van der Waals surface area contributed by atoms with E-state index in [1.165, 1.54) is 50.7 Å². The number of hydrogen-bond donors (Lipinski definition) is 1. The van der Waals surface area contributed by atoms with E-state index in [9.17, 15) is 16.8 Å². The second kappa shape index (κ2) is 9.51. The molecule has 1 N–H and O–H groups in total. The summed E-state index contributed by atoms with van der Waals surface area (Å²) in [6, 6.07) is 4.74. The number of hydrogen-bond acceptors (Lipinski definition) is 9. The highest BCUT2D eigenvalue weighted by Crippen LogP contribution is 2.41. The summed E-state index contributed by atoms with van der Waals surface area (Å²) in [6.45, 7) is 4.82. The molecule has 3 heterocycles. The number of ether oxygens (including phenoxy) is 3. The Morgan fingerprint density at radius 3 is 2.13 bits per heavy atom. The Labute approximate surface area is 221 Å². The molecule has 0 unspecified atom stereocenters. The number of sulfonamides is 1. The summed E-state index contributed by atoms with van der Waals surface area (Å²) in [4.78, 5) is 4.37. The number of nitrogens with one attached hydrogen (secondary N) is 1. The van der Waals surface area contributed by atoms with Crippen molar-refractivity contribution in [1.29, 1.82) is 0 Å². The van der Waals surface area contributed by atoms with Gasteiger partial charge in [0.2, 0.25) is 0 Å². The molecule has 0 saturated carbocycles. The molecule has 4 rings (SSSR count). The normalized spacial score (nSPS) is 12.5. The maximum Gasteiger partial charge on any atom is 0.265 e. The van der Waals surface area contributed by atoms with Crippen molar-refractivity contribution in [2.45, 2.75) is 35.3 Å². The first-order chi connectivity index (χ1) is 17.7. The maximum absolute atomic E-state index is 13.3. The Bertz CT molecular complexity index is 1730. The van der Waals surface area contributed by atoms with Crippen LogP contribution in [0.15, 0.2) is 52.8 Å². The van der Waals surface area contributed by atoms with E-state index in [2.05, 4.69) is 14.8 Å². The van der Waals surface area contributed by atoms with Gasteiger partial charge >= 0.3 is 0 Å². The molecule has 12 nitrogen and oxygen atoms in total. The van der Waals surface area contributed by atoms with Gasteiger partial charge in [-0.05, 0) is 32.9 Å². The molecule has 0 radical (unpaired) electrons. The van der Waals surface area contributed by atoms with E-state index in [0.717, 1.165) is 0 Å². The van der Waals surface area contributed by atoms with Crippen LogP contribution in [0.4, 0.5) is 5.69 Å². The topological polar surface area (TPSA) is 143 Å². The van der Waals surface area contributed by atoms with Crippen LogP contribution in [0.25, 0.3) is 16.9 Å². The summed E-state index contributed by atoms with van der Waals surface area (Å²) in [6.07, 6.45) is 5.59. The van der Waals surface area contributed by atoms with Crippen LogP contribution in [-0.2, 0) is 26.9 Å². The average Bonchev–Trinajstić information content (AvgIpc) is 3.48. The third-order valence-electron chi connectivity index (χ3n) is 5.90. The molecule has 3 aromatic heterocycles. The van der Waals surface area contributed by atoms with E-state index in [1.807, 2.05) is 0 Å². The summed E-state index contributed by atoms with van der Waals surface area (Å²) in [5.74, 6) is 0.580. The van der Waals surface area contributed by atoms with Gasteiger partial charge in [0.15, 0.2) is 21.3 Å². The van der Waals surface area contributed by atoms with Crippen LogP contribution in [0.1, 0.15) is 20.8 Å². The highest BCUT2D eigenvalue weighted by molar-refractivity contribution is 7.93.